The monoisotopic (exact) mass is 319 g/mol. The molecule has 124 valence electrons. The van der Waals surface area contributed by atoms with Crippen molar-refractivity contribution >= 4 is 9.84 Å². The number of hydrogen-bond acceptors (Lipinski definition) is 5. The highest BCUT2D eigenvalue weighted by molar-refractivity contribution is 7.91. The summed E-state index contributed by atoms with van der Waals surface area (Å²) in [5.74, 6) is 1.11. The van der Waals surface area contributed by atoms with Crippen LogP contribution in [0.2, 0.25) is 0 Å². The highest BCUT2D eigenvalue weighted by atomic mass is 32.2. The van der Waals surface area contributed by atoms with Gasteiger partial charge in [0.05, 0.1) is 30.3 Å². The minimum atomic E-state index is -2.91. The lowest BCUT2D eigenvalue weighted by molar-refractivity contribution is -0.0319. The molecular formula is C15H29NO4S. The van der Waals surface area contributed by atoms with Gasteiger partial charge in [0.15, 0.2) is 9.84 Å². The molecule has 0 aromatic carbocycles. The van der Waals surface area contributed by atoms with Crippen molar-refractivity contribution in [3.8, 4) is 0 Å². The summed E-state index contributed by atoms with van der Waals surface area (Å²) in [7, 11) is -2.91. The fourth-order valence-corrected chi connectivity index (χ4v) is 5.47. The SMILES string of the molecule is CC1CCCC(OCC(O)CNC2(C)CCS(=O)(=O)C2)C1. The van der Waals surface area contributed by atoms with Crippen LogP contribution in [-0.2, 0) is 14.6 Å². The van der Waals surface area contributed by atoms with Crippen molar-refractivity contribution in [1.82, 2.24) is 5.32 Å². The molecule has 0 aromatic rings. The van der Waals surface area contributed by atoms with Gasteiger partial charge in [0.25, 0.3) is 0 Å². The molecule has 2 N–H and O–H groups in total. The van der Waals surface area contributed by atoms with E-state index >= 15 is 0 Å². The van der Waals surface area contributed by atoms with Crippen molar-refractivity contribution in [2.45, 2.75) is 63.7 Å². The van der Waals surface area contributed by atoms with E-state index in [4.69, 9.17) is 4.74 Å². The minimum absolute atomic E-state index is 0.160. The van der Waals surface area contributed by atoms with E-state index < -0.39 is 21.5 Å². The Kier molecular flexibility index (Phi) is 5.68. The normalized spacial score (nSPS) is 37.5. The Morgan fingerprint density at radius 1 is 1.43 bits per heavy atom. The van der Waals surface area contributed by atoms with Crippen molar-refractivity contribution in [2.75, 3.05) is 24.7 Å². The Morgan fingerprint density at radius 2 is 2.19 bits per heavy atom. The summed E-state index contributed by atoms with van der Waals surface area (Å²) in [6.45, 7) is 4.87. The molecule has 6 heteroatoms. The second-order valence-corrected chi connectivity index (χ2v) is 9.35. The smallest absolute Gasteiger partial charge is 0.152 e. The van der Waals surface area contributed by atoms with Gasteiger partial charge in [-0.2, -0.15) is 0 Å². The molecule has 2 aliphatic rings. The first-order chi connectivity index (χ1) is 9.78. The number of ether oxygens (including phenoxy) is 1. The number of β-amino-alcohol motifs (C(OH)–C–C–N with tert-alkyl or cyclic N) is 1. The molecule has 2 fully saturated rings. The average Bonchev–Trinajstić information content (AvgIpc) is 2.69. The number of rotatable bonds is 6. The maximum Gasteiger partial charge on any atom is 0.152 e. The van der Waals surface area contributed by atoms with Gasteiger partial charge in [-0.1, -0.05) is 19.8 Å². The average molecular weight is 319 g/mol. The Bertz CT molecular complexity index is 439. The van der Waals surface area contributed by atoms with Gasteiger partial charge in [0.2, 0.25) is 0 Å². The molecule has 1 aliphatic heterocycles. The maximum atomic E-state index is 11.5. The van der Waals surface area contributed by atoms with Crippen LogP contribution in [0.1, 0.15) is 46.0 Å². The molecule has 5 nitrogen and oxygen atoms in total. The molecule has 4 atom stereocenters. The largest absolute Gasteiger partial charge is 0.389 e. The van der Waals surface area contributed by atoms with Gasteiger partial charge < -0.3 is 15.2 Å². The number of aliphatic hydroxyl groups excluding tert-OH is 1. The summed E-state index contributed by atoms with van der Waals surface area (Å²) in [6.07, 6.45) is 4.94. The molecule has 4 unspecified atom stereocenters. The van der Waals surface area contributed by atoms with Crippen molar-refractivity contribution < 1.29 is 18.3 Å². The lowest BCUT2D eigenvalue weighted by atomic mass is 9.89. The predicted octanol–water partition coefficient (Wildman–Crippen LogP) is 1.11. The first kappa shape index (κ1) is 17.2. The number of aliphatic hydroxyl groups is 1. The van der Waals surface area contributed by atoms with Crippen molar-refractivity contribution in [3.63, 3.8) is 0 Å². The van der Waals surface area contributed by atoms with Gasteiger partial charge in [-0.3, -0.25) is 0 Å². The Hall–Kier alpha value is -0.170. The van der Waals surface area contributed by atoms with E-state index in [1.807, 2.05) is 6.92 Å². The molecule has 0 radical (unpaired) electrons. The van der Waals surface area contributed by atoms with Crippen LogP contribution in [0.5, 0.6) is 0 Å². The molecule has 1 aliphatic carbocycles. The predicted molar refractivity (Wildman–Crippen MR) is 83.1 cm³/mol. The van der Waals surface area contributed by atoms with Crippen molar-refractivity contribution in [2.24, 2.45) is 5.92 Å². The summed E-state index contributed by atoms with van der Waals surface area (Å²) in [5.41, 5.74) is -0.404. The fourth-order valence-electron chi connectivity index (χ4n) is 3.35. The van der Waals surface area contributed by atoms with Crippen LogP contribution in [0.15, 0.2) is 0 Å². The maximum absolute atomic E-state index is 11.5. The molecule has 1 saturated heterocycles. The van der Waals surface area contributed by atoms with Crippen molar-refractivity contribution in [1.29, 1.82) is 0 Å². The van der Waals surface area contributed by atoms with E-state index in [1.165, 1.54) is 12.8 Å². The summed E-state index contributed by atoms with van der Waals surface area (Å²) < 4.78 is 28.8. The van der Waals surface area contributed by atoms with E-state index in [0.717, 1.165) is 12.8 Å². The lowest BCUT2D eigenvalue weighted by Crippen LogP contribution is -2.47. The third-order valence-corrected chi connectivity index (χ3v) is 6.58. The second-order valence-electron chi connectivity index (χ2n) is 7.16. The summed E-state index contributed by atoms with van der Waals surface area (Å²) in [6, 6.07) is 0. The van der Waals surface area contributed by atoms with E-state index in [2.05, 4.69) is 12.2 Å². The zero-order chi connectivity index (χ0) is 15.5. The lowest BCUT2D eigenvalue weighted by Gasteiger charge is -2.29. The van der Waals surface area contributed by atoms with Crippen LogP contribution in [0.3, 0.4) is 0 Å². The first-order valence-corrected chi connectivity index (χ1v) is 9.85. The van der Waals surface area contributed by atoms with Gasteiger partial charge in [0, 0.05) is 12.1 Å². The second kappa shape index (κ2) is 6.94. The zero-order valence-electron chi connectivity index (χ0n) is 13.2. The number of nitrogens with one attached hydrogen (secondary N) is 1. The summed E-state index contributed by atoms with van der Waals surface area (Å²) in [5, 5.41) is 13.2. The van der Waals surface area contributed by atoms with Gasteiger partial charge >= 0.3 is 0 Å². The summed E-state index contributed by atoms with van der Waals surface area (Å²) in [4.78, 5) is 0. The molecule has 2 rings (SSSR count). The minimum Gasteiger partial charge on any atom is -0.389 e. The number of hydrogen-bond donors (Lipinski definition) is 2. The number of sulfone groups is 1. The Morgan fingerprint density at radius 3 is 2.81 bits per heavy atom. The van der Waals surface area contributed by atoms with Crippen LogP contribution in [0.4, 0.5) is 0 Å². The van der Waals surface area contributed by atoms with E-state index in [-0.39, 0.29) is 17.6 Å². The standard InChI is InChI=1S/C15H29NO4S/c1-12-4-3-5-14(8-12)20-10-13(17)9-16-15(2)6-7-21(18,19)11-15/h12-14,16-17H,3-11H2,1-2H3. The molecule has 1 saturated carbocycles. The van der Waals surface area contributed by atoms with Crippen LogP contribution >= 0.6 is 0 Å². The first-order valence-electron chi connectivity index (χ1n) is 8.03. The topological polar surface area (TPSA) is 75.6 Å². The molecule has 21 heavy (non-hydrogen) atoms. The quantitative estimate of drug-likeness (QED) is 0.767. The van der Waals surface area contributed by atoms with Gasteiger partial charge in [-0.25, -0.2) is 8.42 Å². The van der Waals surface area contributed by atoms with Crippen LogP contribution in [0.25, 0.3) is 0 Å². The third-order valence-electron chi connectivity index (χ3n) is 4.68. The van der Waals surface area contributed by atoms with E-state index in [0.29, 0.717) is 25.5 Å². The molecule has 0 spiro atoms. The highest BCUT2D eigenvalue weighted by Crippen LogP contribution is 2.26. The molecule has 0 amide bonds. The molecular weight excluding hydrogens is 290 g/mol. The third kappa shape index (κ3) is 5.51. The van der Waals surface area contributed by atoms with Crippen LogP contribution in [0, 0.1) is 5.92 Å². The van der Waals surface area contributed by atoms with E-state index in [1.54, 1.807) is 0 Å². The summed E-state index contributed by atoms with van der Waals surface area (Å²) >= 11 is 0. The molecule has 0 bridgehead atoms. The Labute approximate surface area is 128 Å². The fraction of sp³-hybridized carbons (Fsp3) is 1.00. The van der Waals surface area contributed by atoms with Gasteiger partial charge in [-0.05, 0) is 32.1 Å². The van der Waals surface area contributed by atoms with E-state index in [9.17, 15) is 13.5 Å². The molecule has 1 heterocycles. The van der Waals surface area contributed by atoms with Crippen molar-refractivity contribution in [3.05, 3.63) is 0 Å². The zero-order valence-corrected chi connectivity index (χ0v) is 14.0. The Balaban J connectivity index is 1.67. The highest BCUT2D eigenvalue weighted by Gasteiger charge is 2.38. The van der Waals surface area contributed by atoms with Gasteiger partial charge in [0.1, 0.15) is 0 Å². The van der Waals surface area contributed by atoms with Crippen LogP contribution < -0.4 is 5.32 Å². The van der Waals surface area contributed by atoms with Crippen LogP contribution in [-0.4, -0.2) is 55.9 Å². The van der Waals surface area contributed by atoms with Gasteiger partial charge in [-0.15, -0.1) is 0 Å². The molecule has 0 aromatic heterocycles.